The van der Waals surface area contributed by atoms with Gasteiger partial charge in [-0.2, -0.15) is 23.7 Å². The number of nitriles is 2. The van der Waals surface area contributed by atoms with E-state index in [1.54, 1.807) is 6.92 Å². The molecule has 0 amide bonds. The average Bonchev–Trinajstić information content (AvgIpc) is 2.59. The zero-order valence-corrected chi connectivity index (χ0v) is 13.3. The SMILES string of the molecule is CC(C#N)CC(C#N)(c1cccc(C(F)(F)F)c1)N1CCOCC1. The molecule has 128 valence electrons. The van der Waals surface area contributed by atoms with Crippen molar-refractivity contribution < 1.29 is 17.9 Å². The van der Waals surface area contributed by atoms with Gasteiger partial charge in [0.15, 0.2) is 0 Å². The first-order chi connectivity index (χ1) is 11.3. The number of halogens is 3. The van der Waals surface area contributed by atoms with E-state index in [0.29, 0.717) is 26.3 Å². The lowest BCUT2D eigenvalue weighted by atomic mass is 9.81. The monoisotopic (exact) mass is 337 g/mol. The standard InChI is InChI=1S/C17H18F3N3O/c1-13(11-21)10-16(12-22,23-5-7-24-8-6-23)14-3-2-4-15(9-14)17(18,19)20/h2-4,9,13H,5-8,10H2,1H3. The first-order valence-electron chi connectivity index (χ1n) is 7.65. The highest BCUT2D eigenvalue weighted by atomic mass is 19.4. The van der Waals surface area contributed by atoms with Gasteiger partial charge >= 0.3 is 6.18 Å². The van der Waals surface area contributed by atoms with Crippen LogP contribution in [0.1, 0.15) is 24.5 Å². The van der Waals surface area contributed by atoms with Gasteiger partial charge in [0.1, 0.15) is 5.54 Å². The van der Waals surface area contributed by atoms with Crippen molar-refractivity contribution in [2.24, 2.45) is 5.92 Å². The lowest BCUT2D eigenvalue weighted by molar-refractivity contribution is -0.137. The molecule has 0 N–H and O–H groups in total. The van der Waals surface area contributed by atoms with Crippen molar-refractivity contribution in [1.82, 2.24) is 4.90 Å². The maximum Gasteiger partial charge on any atom is 0.416 e. The summed E-state index contributed by atoms with van der Waals surface area (Å²) in [6.07, 6.45) is -4.34. The van der Waals surface area contributed by atoms with E-state index in [9.17, 15) is 18.4 Å². The Morgan fingerprint density at radius 3 is 2.38 bits per heavy atom. The lowest BCUT2D eigenvalue weighted by Crippen LogP contribution is -2.51. The second-order valence-corrected chi connectivity index (χ2v) is 5.88. The van der Waals surface area contributed by atoms with Crippen molar-refractivity contribution in [3.05, 3.63) is 35.4 Å². The van der Waals surface area contributed by atoms with Gasteiger partial charge in [-0.15, -0.1) is 0 Å². The van der Waals surface area contributed by atoms with Gasteiger partial charge in [-0.3, -0.25) is 4.90 Å². The summed E-state index contributed by atoms with van der Waals surface area (Å²) < 4.78 is 44.5. The van der Waals surface area contributed by atoms with Gasteiger partial charge in [-0.05, 0) is 31.0 Å². The first-order valence-corrected chi connectivity index (χ1v) is 7.65. The van der Waals surface area contributed by atoms with E-state index in [0.717, 1.165) is 12.1 Å². The minimum atomic E-state index is -4.48. The topological polar surface area (TPSA) is 60.0 Å². The predicted molar refractivity (Wildman–Crippen MR) is 80.5 cm³/mol. The first kappa shape index (κ1) is 18.3. The van der Waals surface area contributed by atoms with E-state index in [2.05, 4.69) is 12.1 Å². The van der Waals surface area contributed by atoms with Crippen LogP contribution in [-0.4, -0.2) is 31.2 Å². The summed E-state index contributed by atoms with van der Waals surface area (Å²) >= 11 is 0. The molecular formula is C17H18F3N3O. The van der Waals surface area contributed by atoms with E-state index >= 15 is 0 Å². The molecule has 0 spiro atoms. The quantitative estimate of drug-likeness (QED) is 0.846. The Balaban J connectivity index is 2.53. The number of alkyl halides is 3. The maximum absolute atomic E-state index is 13.1. The Bertz CT molecular complexity index is 656. The van der Waals surface area contributed by atoms with Crippen LogP contribution in [0.15, 0.2) is 24.3 Å². The van der Waals surface area contributed by atoms with Gasteiger partial charge in [0, 0.05) is 19.0 Å². The van der Waals surface area contributed by atoms with E-state index in [1.807, 2.05) is 4.90 Å². The van der Waals surface area contributed by atoms with Crippen molar-refractivity contribution in [3.63, 3.8) is 0 Å². The smallest absolute Gasteiger partial charge is 0.379 e. The van der Waals surface area contributed by atoms with Crippen molar-refractivity contribution >= 4 is 0 Å². The summed E-state index contributed by atoms with van der Waals surface area (Å²) in [5, 5.41) is 19.0. The predicted octanol–water partition coefficient (Wildman–Crippen LogP) is 3.31. The third-order valence-electron chi connectivity index (χ3n) is 4.23. The van der Waals surface area contributed by atoms with Gasteiger partial charge in [-0.1, -0.05) is 12.1 Å². The van der Waals surface area contributed by atoms with Gasteiger partial charge in [0.25, 0.3) is 0 Å². The summed E-state index contributed by atoms with van der Waals surface area (Å²) in [7, 11) is 0. The second-order valence-electron chi connectivity index (χ2n) is 5.88. The molecule has 1 heterocycles. The van der Waals surface area contributed by atoms with E-state index < -0.39 is 23.2 Å². The fourth-order valence-electron chi connectivity index (χ4n) is 3.00. The van der Waals surface area contributed by atoms with Crippen LogP contribution in [0.25, 0.3) is 0 Å². The number of ether oxygens (including phenoxy) is 1. The Hall–Kier alpha value is -2.09. The van der Waals surface area contributed by atoms with Crippen LogP contribution in [0.4, 0.5) is 13.2 Å². The molecule has 24 heavy (non-hydrogen) atoms. The van der Waals surface area contributed by atoms with Crippen LogP contribution < -0.4 is 0 Å². The number of morpholine rings is 1. The molecule has 2 atom stereocenters. The molecule has 7 heteroatoms. The number of hydrogen-bond donors (Lipinski definition) is 0. The van der Waals surface area contributed by atoms with Gasteiger partial charge in [-0.25, -0.2) is 0 Å². The molecule has 4 nitrogen and oxygen atoms in total. The number of nitrogens with zero attached hydrogens (tertiary/aromatic N) is 3. The van der Waals surface area contributed by atoms with E-state index in [4.69, 9.17) is 10.00 Å². The molecule has 0 aromatic heterocycles. The minimum Gasteiger partial charge on any atom is -0.379 e. The number of rotatable bonds is 4. The average molecular weight is 337 g/mol. The molecule has 2 unspecified atom stereocenters. The lowest BCUT2D eigenvalue weighted by Gasteiger charge is -2.42. The summed E-state index contributed by atoms with van der Waals surface area (Å²) in [5.41, 5.74) is -1.80. The molecule has 1 aliphatic heterocycles. The molecule has 0 bridgehead atoms. The van der Waals surface area contributed by atoms with Crippen LogP contribution in [0.2, 0.25) is 0 Å². The summed E-state index contributed by atoms with van der Waals surface area (Å²) in [4.78, 5) is 1.82. The molecule has 1 aliphatic rings. The van der Waals surface area contributed by atoms with Crippen molar-refractivity contribution in [2.45, 2.75) is 25.1 Å². The van der Waals surface area contributed by atoms with Crippen LogP contribution in [0.5, 0.6) is 0 Å². The molecule has 1 saturated heterocycles. The minimum absolute atomic E-state index is 0.140. The number of benzene rings is 1. The fraction of sp³-hybridized carbons (Fsp3) is 0.529. The van der Waals surface area contributed by atoms with Crippen molar-refractivity contribution in [1.29, 1.82) is 10.5 Å². The summed E-state index contributed by atoms with van der Waals surface area (Å²) in [6.45, 7) is 3.34. The van der Waals surface area contributed by atoms with E-state index in [1.165, 1.54) is 12.1 Å². The highest BCUT2D eigenvalue weighted by molar-refractivity contribution is 5.36. The fourth-order valence-corrected chi connectivity index (χ4v) is 3.00. The highest BCUT2D eigenvalue weighted by Gasteiger charge is 2.42. The Kier molecular flexibility index (Phi) is 5.48. The van der Waals surface area contributed by atoms with Crippen LogP contribution in [0.3, 0.4) is 0 Å². The van der Waals surface area contributed by atoms with Gasteiger partial charge < -0.3 is 4.74 Å². The Morgan fingerprint density at radius 1 is 1.21 bits per heavy atom. The summed E-state index contributed by atoms with van der Waals surface area (Å²) in [5.74, 6) is -0.470. The molecule has 0 radical (unpaired) electrons. The number of hydrogen-bond acceptors (Lipinski definition) is 4. The van der Waals surface area contributed by atoms with Crippen LogP contribution >= 0.6 is 0 Å². The highest BCUT2D eigenvalue weighted by Crippen LogP contribution is 2.38. The van der Waals surface area contributed by atoms with Gasteiger partial charge in [0.2, 0.25) is 0 Å². The molecule has 0 saturated carbocycles. The Morgan fingerprint density at radius 2 is 1.83 bits per heavy atom. The van der Waals surface area contributed by atoms with Crippen molar-refractivity contribution in [3.8, 4) is 12.1 Å². The van der Waals surface area contributed by atoms with Crippen LogP contribution in [-0.2, 0) is 16.5 Å². The van der Waals surface area contributed by atoms with Crippen LogP contribution in [0, 0.1) is 28.6 Å². The zero-order chi connectivity index (χ0) is 17.8. The van der Waals surface area contributed by atoms with E-state index in [-0.39, 0.29) is 12.0 Å². The molecule has 1 fully saturated rings. The molecule has 1 aromatic carbocycles. The molecule has 1 aromatic rings. The van der Waals surface area contributed by atoms with Crippen molar-refractivity contribution in [2.75, 3.05) is 26.3 Å². The third-order valence-corrected chi connectivity index (χ3v) is 4.23. The largest absolute Gasteiger partial charge is 0.416 e. The van der Waals surface area contributed by atoms with Gasteiger partial charge in [0.05, 0.1) is 30.9 Å². The normalized spacial score (nSPS) is 19.8. The molecule has 0 aliphatic carbocycles. The molecule has 2 rings (SSSR count). The maximum atomic E-state index is 13.1. The second kappa shape index (κ2) is 7.21. The zero-order valence-electron chi connectivity index (χ0n) is 13.3. The third kappa shape index (κ3) is 3.69. The summed E-state index contributed by atoms with van der Waals surface area (Å²) in [6, 6.07) is 9.11. The molecular weight excluding hydrogens is 319 g/mol. The Labute approximate surface area is 139 Å².